The smallest absolute Gasteiger partial charge is 0.0758 e. The van der Waals surface area contributed by atoms with Gasteiger partial charge in [-0.3, -0.25) is 0 Å². The average molecular weight is 405 g/mol. The quantitative estimate of drug-likeness (QED) is 0.280. The van der Waals surface area contributed by atoms with Gasteiger partial charge >= 0.3 is 0 Å². The SMILES string of the molecule is C=CC(C)(CC=CC)C(C)CC1C=C=CC(C2=CCCC(OC)C=C2)=CC1C(=C)C. The number of hydrogen-bond donors (Lipinski definition) is 0. The van der Waals surface area contributed by atoms with E-state index in [1.807, 2.05) is 0 Å². The summed E-state index contributed by atoms with van der Waals surface area (Å²) < 4.78 is 5.52. The minimum atomic E-state index is 0.0876. The molecule has 2 aliphatic rings. The lowest BCUT2D eigenvalue weighted by atomic mass is 9.69. The van der Waals surface area contributed by atoms with E-state index in [-0.39, 0.29) is 11.5 Å². The first-order chi connectivity index (χ1) is 14.3. The molecular weight excluding hydrogens is 364 g/mol. The first kappa shape index (κ1) is 24.2. The lowest BCUT2D eigenvalue weighted by Crippen LogP contribution is -2.26. The molecule has 0 N–H and O–H groups in total. The summed E-state index contributed by atoms with van der Waals surface area (Å²) in [6, 6.07) is 0. The molecule has 0 radical (unpaired) electrons. The van der Waals surface area contributed by atoms with Gasteiger partial charge in [0, 0.05) is 13.0 Å². The summed E-state index contributed by atoms with van der Waals surface area (Å²) in [4.78, 5) is 0. The van der Waals surface area contributed by atoms with E-state index < -0.39 is 0 Å². The summed E-state index contributed by atoms with van der Waals surface area (Å²) in [6.45, 7) is 17.4. The van der Waals surface area contributed by atoms with E-state index in [0.717, 1.165) is 25.7 Å². The van der Waals surface area contributed by atoms with Gasteiger partial charge in [-0.25, -0.2) is 0 Å². The second-order valence-electron chi connectivity index (χ2n) is 9.13. The average Bonchev–Trinajstić information content (AvgIpc) is 3.10. The van der Waals surface area contributed by atoms with Crippen molar-refractivity contribution in [2.45, 2.75) is 59.5 Å². The molecule has 0 fully saturated rings. The summed E-state index contributed by atoms with van der Waals surface area (Å²) in [5, 5.41) is 0. The van der Waals surface area contributed by atoms with Crippen LogP contribution in [0.25, 0.3) is 0 Å². The van der Waals surface area contributed by atoms with Crippen molar-refractivity contribution in [1.29, 1.82) is 0 Å². The summed E-state index contributed by atoms with van der Waals surface area (Å²) in [5.74, 6) is 1.20. The van der Waals surface area contributed by atoms with Crippen molar-refractivity contribution in [3.8, 4) is 0 Å². The molecule has 0 aromatic rings. The maximum absolute atomic E-state index is 5.52. The van der Waals surface area contributed by atoms with Gasteiger partial charge in [-0.05, 0) is 80.1 Å². The van der Waals surface area contributed by atoms with Gasteiger partial charge in [-0.15, -0.1) is 12.3 Å². The third kappa shape index (κ3) is 6.21. The highest BCUT2D eigenvalue weighted by molar-refractivity contribution is 5.49. The molecule has 5 unspecified atom stereocenters. The highest BCUT2D eigenvalue weighted by Gasteiger charge is 2.31. The molecule has 0 saturated carbocycles. The van der Waals surface area contributed by atoms with Crippen LogP contribution in [0.2, 0.25) is 0 Å². The van der Waals surface area contributed by atoms with Crippen LogP contribution < -0.4 is 0 Å². The van der Waals surface area contributed by atoms with E-state index in [0.29, 0.717) is 17.8 Å². The second-order valence-corrected chi connectivity index (χ2v) is 9.13. The fourth-order valence-corrected chi connectivity index (χ4v) is 4.36. The lowest BCUT2D eigenvalue weighted by molar-refractivity contribution is 0.135. The third-order valence-corrected chi connectivity index (χ3v) is 6.89. The molecule has 0 aliphatic heterocycles. The number of allylic oxidation sites excluding steroid dienone is 10. The van der Waals surface area contributed by atoms with Gasteiger partial charge in [0.15, 0.2) is 0 Å². The highest BCUT2D eigenvalue weighted by Crippen LogP contribution is 2.41. The minimum Gasteiger partial charge on any atom is -0.377 e. The third-order valence-electron chi connectivity index (χ3n) is 6.89. The summed E-state index contributed by atoms with van der Waals surface area (Å²) in [6.07, 6.45) is 24.4. The molecule has 1 heteroatoms. The standard InChI is InChI=1S/C29H40O/c1-8-10-19-29(6,9-2)23(5)20-26-15-11-14-25(21-28(26)22(3)4)24-13-12-16-27(30-7)18-17-24/h8-10,13-15,17-18,21,23,26-28H,2-3,12,16,19-20H2,1,4-7H3. The Morgan fingerprint density at radius 3 is 2.80 bits per heavy atom. The molecule has 2 aliphatic carbocycles. The molecule has 0 spiro atoms. The van der Waals surface area contributed by atoms with Crippen molar-refractivity contribution in [2.75, 3.05) is 7.11 Å². The van der Waals surface area contributed by atoms with E-state index in [9.17, 15) is 0 Å². The van der Waals surface area contributed by atoms with Crippen molar-refractivity contribution < 1.29 is 4.74 Å². The topological polar surface area (TPSA) is 9.23 Å². The molecule has 0 amide bonds. The fraction of sp³-hybridized carbons (Fsp3) is 0.483. The number of ether oxygens (including phenoxy) is 1. The summed E-state index contributed by atoms with van der Waals surface area (Å²) in [5.41, 5.74) is 7.29. The zero-order valence-corrected chi connectivity index (χ0v) is 19.7. The lowest BCUT2D eigenvalue weighted by Gasteiger charge is -2.35. The summed E-state index contributed by atoms with van der Waals surface area (Å²) in [7, 11) is 1.78. The second kappa shape index (κ2) is 11.3. The largest absolute Gasteiger partial charge is 0.377 e. The van der Waals surface area contributed by atoms with Gasteiger partial charge in [-0.1, -0.05) is 68.5 Å². The fourth-order valence-electron chi connectivity index (χ4n) is 4.36. The van der Waals surface area contributed by atoms with Crippen molar-refractivity contribution in [2.24, 2.45) is 23.2 Å². The molecule has 30 heavy (non-hydrogen) atoms. The Kier molecular flexibility index (Phi) is 9.15. The highest BCUT2D eigenvalue weighted by atomic mass is 16.5. The maximum atomic E-state index is 5.52. The van der Waals surface area contributed by atoms with Gasteiger partial charge < -0.3 is 4.74 Å². The molecule has 5 atom stereocenters. The number of hydrogen-bond acceptors (Lipinski definition) is 1. The number of methoxy groups -OCH3 is 1. The molecule has 0 bridgehead atoms. The zero-order chi connectivity index (χ0) is 22.1. The maximum Gasteiger partial charge on any atom is 0.0758 e. The van der Waals surface area contributed by atoms with Crippen molar-refractivity contribution in [3.05, 3.63) is 90.3 Å². The minimum absolute atomic E-state index is 0.0876. The monoisotopic (exact) mass is 404 g/mol. The van der Waals surface area contributed by atoms with E-state index in [4.69, 9.17) is 4.74 Å². The van der Waals surface area contributed by atoms with E-state index in [2.05, 4.69) is 101 Å². The van der Waals surface area contributed by atoms with Crippen LogP contribution in [0.3, 0.4) is 0 Å². The number of rotatable bonds is 9. The van der Waals surface area contributed by atoms with Gasteiger partial charge in [0.2, 0.25) is 0 Å². The summed E-state index contributed by atoms with van der Waals surface area (Å²) >= 11 is 0. The predicted molar refractivity (Wildman–Crippen MR) is 131 cm³/mol. The normalized spacial score (nSPS) is 27.0. The Morgan fingerprint density at radius 1 is 1.40 bits per heavy atom. The van der Waals surface area contributed by atoms with Crippen LogP contribution >= 0.6 is 0 Å². The molecular formula is C29H40O. The van der Waals surface area contributed by atoms with Crippen LogP contribution in [0, 0.1) is 23.2 Å². The van der Waals surface area contributed by atoms with Crippen LogP contribution in [0.4, 0.5) is 0 Å². The van der Waals surface area contributed by atoms with Gasteiger partial charge in [-0.2, -0.15) is 0 Å². The Hall–Kier alpha value is -2.08. The van der Waals surface area contributed by atoms with Gasteiger partial charge in [0.1, 0.15) is 0 Å². The molecule has 0 saturated heterocycles. The molecule has 162 valence electrons. The van der Waals surface area contributed by atoms with Crippen molar-refractivity contribution >= 4 is 0 Å². The molecule has 1 nitrogen and oxygen atoms in total. The molecule has 0 aromatic heterocycles. The predicted octanol–water partition coefficient (Wildman–Crippen LogP) is 7.92. The van der Waals surface area contributed by atoms with E-state index in [1.54, 1.807) is 7.11 Å². The molecule has 0 heterocycles. The first-order valence-electron chi connectivity index (χ1n) is 11.3. The van der Waals surface area contributed by atoms with Crippen LogP contribution in [-0.4, -0.2) is 13.2 Å². The van der Waals surface area contributed by atoms with Crippen LogP contribution in [0.15, 0.2) is 90.3 Å². The Morgan fingerprint density at radius 2 is 2.17 bits per heavy atom. The first-order valence-corrected chi connectivity index (χ1v) is 11.3. The van der Waals surface area contributed by atoms with Gasteiger partial charge in [0.05, 0.1) is 6.10 Å². The Labute approximate surface area is 185 Å². The Bertz CT molecular complexity index is 796. The molecule has 0 aromatic carbocycles. The van der Waals surface area contributed by atoms with Crippen LogP contribution in [0.1, 0.15) is 53.4 Å². The Balaban J connectivity index is 2.28. The van der Waals surface area contributed by atoms with E-state index in [1.165, 1.54) is 16.7 Å². The van der Waals surface area contributed by atoms with Crippen molar-refractivity contribution in [3.63, 3.8) is 0 Å². The van der Waals surface area contributed by atoms with Crippen molar-refractivity contribution in [1.82, 2.24) is 0 Å². The van der Waals surface area contributed by atoms with Gasteiger partial charge in [0.25, 0.3) is 0 Å². The van der Waals surface area contributed by atoms with Crippen LogP contribution in [0.5, 0.6) is 0 Å². The zero-order valence-electron chi connectivity index (χ0n) is 19.7. The van der Waals surface area contributed by atoms with Crippen LogP contribution in [-0.2, 0) is 4.74 Å². The van der Waals surface area contributed by atoms with E-state index >= 15 is 0 Å². The molecule has 2 rings (SSSR count).